The van der Waals surface area contributed by atoms with Crippen LogP contribution in [0.1, 0.15) is 36.5 Å². The number of ether oxygens (including phenoxy) is 1. The zero-order valence-electron chi connectivity index (χ0n) is 21.7. The number of carbonyl (C=O) groups excluding carboxylic acids is 1. The molecule has 3 N–H and O–H groups in total. The first-order valence-electron chi connectivity index (χ1n) is 12.7. The Labute approximate surface area is 241 Å². The van der Waals surface area contributed by atoms with Crippen LogP contribution in [0.15, 0.2) is 47.1 Å². The van der Waals surface area contributed by atoms with E-state index in [9.17, 15) is 9.90 Å². The lowest BCUT2D eigenvalue weighted by atomic mass is 10.0. The summed E-state index contributed by atoms with van der Waals surface area (Å²) in [5, 5.41) is 25.0. The highest BCUT2D eigenvalue weighted by Crippen LogP contribution is 2.36. The van der Waals surface area contributed by atoms with Gasteiger partial charge in [0.2, 0.25) is 17.7 Å². The van der Waals surface area contributed by atoms with E-state index in [0.29, 0.717) is 32.6 Å². The van der Waals surface area contributed by atoms with Crippen LogP contribution in [0.3, 0.4) is 0 Å². The SMILES string of the molecule is Cc1cc(C#N)cc(Cl)c1Oc1nc(NC2CCN(c3cccc(CC(=O)NCC(C)O)c3)CC2)ncc1Br. The van der Waals surface area contributed by atoms with Gasteiger partial charge in [0.15, 0.2) is 5.75 Å². The lowest BCUT2D eigenvalue weighted by Gasteiger charge is -2.34. The molecule has 1 aromatic heterocycles. The van der Waals surface area contributed by atoms with Gasteiger partial charge in [-0.25, -0.2) is 4.98 Å². The van der Waals surface area contributed by atoms with Gasteiger partial charge in [-0.05, 0) is 78.0 Å². The largest absolute Gasteiger partial charge is 0.436 e. The fourth-order valence-corrected chi connectivity index (χ4v) is 4.93. The summed E-state index contributed by atoms with van der Waals surface area (Å²) in [5.74, 6) is 1.12. The van der Waals surface area contributed by atoms with Crippen molar-refractivity contribution in [2.45, 2.75) is 45.3 Å². The lowest BCUT2D eigenvalue weighted by Crippen LogP contribution is -2.39. The number of nitriles is 1. The number of aromatic nitrogens is 2. The smallest absolute Gasteiger partial charge is 0.238 e. The molecule has 0 aliphatic carbocycles. The zero-order chi connectivity index (χ0) is 27.9. The monoisotopic (exact) mass is 612 g/mol. The number of hydrogen-bond acceptors (Lipinski definition) is 8. The average molecular weight is 614 g/mol. The molecule has 1 aliphatic heterocycles. The third-order valence-corrected chi connectivity index (χ3v) is 7.16. The molecular formula is C28H30BrClN6O3. The van der Waals surface area contributed by atoms with E-state index >= 15 is 0 Å². The fraction of sp³-hybridized carbons (Fsp3) is 0.357. The predicted octanol–water partition coefficient (Wildman–Crippen LogP) is 4.99. The number of rotatable bonds is 9. The van der Waals surface area contributed by atoms with E-state index in [1.54, 1.807) is 25.3 Å². The normalized spacial score (nSPS) is 14.4. The topological polar surface area (TPSA) is 123 Å². The number of anilines is 2. The molecule has 0 radical (unpaired) electrons. The molecule has 4 rings (SSSR count). The summed E-state index contributed by atoms with van der Waals surface area (Å²) in [4.78, 5) is 23.4. The van der Waals surface area contributed by atoms with Crippen molar-refractivity contribution in [3.63, 3.8) is 0 Å². The van der Waals surface area contributed by atoms with E-state index in [4.69, 9.17) is 21.6 Å². The molecule has 1 amide bonds. The minimum atomic E-state index is -0.567. The fourth-order valence-electron chi connectivity index (χ4n) is 4.35. The van der Waals surface area contributed by atoms with Crippen molar-refractivity contribution in [2.75, 3.05) is 29.9 Å². The summed E-state index contributed by atoms with van der Waals surface area (Å²) in [6, 6.07) is 13.6. The first-order chi connectivity index (χ1) is 18.7. The molecule has 2 aromatic carbocycles. The summed E-state index contributed by atoms with van der Waals surface area (Å²) in [6.07, 6.45) is 3.11. The van der Waals surface area contributed by atoms with Crippen LogP contribution in [0, 0.1) is 18.3 Å². The van der Waals surface area contributed by atoms with Crippen molar-refractivity contribution in [1.82, 2.24) is 15.3 Å². The van der Waals surface area contributed by atoms with Crippen molar-refractivity contribution >= 4 is 45.1 Å². The van der Waals surface area contributed by atoms with Crippen LogP contribution in [-0.4, -0.2) is 52.8 Å². The molecular weight excluding hydrogens is 584 g/mol. The Morgan fingerprint density at radius 1 is 1.33 bits per heavy atom. The van der Waals surface area contributed by atoms with Gasteiger partial charge in [-0.15, -0.1) is 0 Å². The van der Waals surface area contributed by atoms with Crippen LogP contribution < -0.4 is 20.3 Å². The second-order valence-corrected chi connectivity index (χ2v) is 10.8. The second kappa shape index (κ2) is 13.1. The quantitative estimate of drug-likeness (QED) is 0.309. The van der Waals surface area contributed by atoms with Gasteiger partial charge in [0.1, 0.15) is 0 Å². The summed E-state index contributed by atoms with van der Waals surface area (Å²) in [5.41, 5.74) is 3.21. The minimum Gasteiger partial charge on any atom is -0.436 e. The van der Waals surface area contributed by atoms with Gasteiger partial charge in [0.25, 0.3) is 0 Å². The number of benzene rings is 2. The van der Waals surface area contributed by atoms with E-state index in [1.807, 2.05) is 25.1 Å². The molecule has 204 valence electrons. The predicted molar refractivity (Wildman–Crippen MR) is 154 cm³/mol. The molecule has 1 unspecified atom stereocenters. The Morgan fingerprint density at radius 3 is 2.79 bits per heavy atom. The Morgan fingerprint density at radius 2 is 2.10 bits per heavy atom. The van der Waals surface area contributed by atoms with Crippen molar-refractivity contribution in [2.24, 2.45) is 0 Å². The highest BCUT2D eigenvalue weighted by atomic mass is 79.9. The summed E-state index contributed by atoms with van der Waals surface area (Å²) >= 11 is 9.79. The molecule has 3 aromatic rings. The second-order valence-electron chi connectivity index (χ2n) is 9.57. The van der Waals surface area contributed by atoms with Crippen LogP contribution in [0.2, 0.25) is 5.02 Å². The highest BCUT2D eigenvalue weighted by Gasteiger charge is 2.21. The van der Waals surface area contributed by atoms with Crippen LogP contribution in [-0.2, 0) is 11.2 Å². The maximum Gasteiger partial charge on any atom is 0.238 e. The molecule has 2 heterocycles. The molecule has 39 heavy (non-hydrogen) atoms. The maximum atomic E-state index is 12.1. The molecule has 0 spiro atoms. The molecule has 1 saturated heterocycles. The summed E-state index contributed by atoms with van der Waals surface area (Å²) < 4.78 is 6.60. The Hall–Kier alpha value is -3.39. The minimum absolute atomic E-state index is 0.106. The van der Waals surface area contributed by atoms with Crippen molar-refractivity contribution in [3.05, 3.63) is 68.8 Å². The van der Waals surface area contributed by atoms with Gasteiger partial charge in [0.05, 0.1) is 39.8 Å². The number of carbonyl (C=O) groups is 1. The van der Waals surface area contributed by atoms with Crippen LogP contribution in [0.4, 0.5) is 11.6 Å². The number of amides is 1. The highest BCUT2D eigenvalue weighted by molar-refractivity contribution is 9.10. The standard InChI is InChI=1S/C28H30BrClN6O3/c1-17-10-20(14-31)12-24(30)26(17)39-27-23(29)16-33-28(35-27)34-21-6-8-36(9-7-21)22-5-3-4-19(11-22)13-25(38)32-15-18(2)37/h3-5,10-12,16,18,21,37H,6-9,13,15H2,1-2H3,(H,32,38)(H,33,34,35). The van der Waals surface area contributed by atoms with Crippen LogP contribution >= 0.6 is 27.5 Å². The number of hydrogen-bond donors (Lipinski definition) is 3. The number of aliphatic hydroxyl groups excluding tert-OH is 1. The van der Waals surface area contributed by atoms with Gasteiger partial charge in [-0.3, -0.25) is 4.79 Å². The first kappa shape index (κ1) is 28.6. The van der Waals surface area contributed by atoms with E-state index in [2.05, 4.69) is 53.6 Å². The molecule has 9 nitrogen and oxygen atoms in total. The average Bonchev–Trinajstić information content (AvgIpc) is 2.91. The van der Waals surface area contributed by atoms with E-state index < -0.39 is 6.10 Å². The van der Waals surface area contributed by atoms with Gasteiger partial charge in [-0.1, -0.05) is 23.7 Å². The first-order valence-corrected chi connectivity index (χ1v) is 13.8. The Kier molecular flexibility index (Phi) is 9.62. The van der Waals surface area contributed by atoms with E-state index in [1.165, 1.54) is 0 Å². The third-order valence-electron chi connectivity index (χ3n) is 6.33. The van der Waals surface area contributed by atoms with Gasteiger partial charge >= 0.3 is 0 Å². The lowest BCUT2D eigenvalue weighted by molar-refractivity contribution is -0.120. The third kappa shape index (κ3) is 7.82. The van der Waals surface area contributed by atoms with Crippen LogP contribution in [0.25, 0.3) is 0 Å². The molecule has 11 heteroatoms. The number of piperidine rings is 1. The number of aryl methyl sites for hydroxylation is 1. The van der Waals surface area contributed by atoms with E-state index in [0.717, 1.165) is 42.7 Å². The molecule has 0 bridgehead atoms. The van der Waals surface area contributed by atoms with Gasteiger partial charge in [-0.2, -0.15) is 10.2 Å². The van der Waals surface area contributed by atoms with E-state index in [-0.39, 0.29) is 24.9 Å². The van der Waals surface area contributed by atoms with Crippen LogP contribution in [0.5, 0.6) is 11.6 Å². The number of nitrogens with one attached hydrogen (secondary N) is 2. The van der Waals surface area contributed by atoms with Gasteiger partial charge in [0, 0.05) is 31.4 Å². The van der Waals surface area contributed by atoms with Crippen molar-refractivity contribution in [3.8, 4) is 17.7 Å². The number of halogens is 2. The van der Waals surface area contributed by atoms with Crippen molar-refractivity contribution < 1.29 is 14.6 Å². The number of nitrogens with zero attached hydrogens (tertiary/aromatic N) is 4. The Bertz CT molecular complexity index is 1350. The summed E-state index contributed by atoms with van der Waals surface area (Å²) in [7, 11) is 0. The molecule has 0 saturated carbocycles. The zero-order valence-corrected chi connectivity index (χ0v) is 24.1. The molecule has 1 atom stereocenters. The maximum absolute atomic E-state index is 12.1. The van der Waals surface area contributed by atoms with Gasteiger partial charge < -0.3 is 25.4 Å². The number of aliphatic hydroxyl groups is 1. The van der Waals surface area contributed by atoms with Crippen molar-refractivity contribution in [1.29, 1.82) is 5.26 Å². The molecule has 1 fully saturated rings. The summed E-state index contributed by atoms with van der Waals surface area (Å²) in [6.45, 7) is 5.40. The molecule has 1 aliphatic rings. The Balaban J connectivity index is 1.35.